The number of nitrogens with one attached hydrogen (secondary N) is 2. The molecule has 6 nitrogen and oxygen atoms in total. The van der Waals surface area contributed by atoms with Crippen molar-refractivity contribution >= 4 is 35.1 Å². The highest BCUT2D eigenvalue weighted by atomic mass is 35.5. The number of carbonyl (C=O) groups is 1. The molecular weight excluding hydrogens is 403 g/mol. The summed E-state index contributed by atoms with van der Waals surface area (Å²) in [6, 6.07) is 2.84. The highest BCUT2D eigenvalue weighted by Crippen LogP contribution is 2.33. The number of benzene rings is 1. The molecule has 0 radical (unpaired) electrons. The third-order valence-electron chi connectivity index (χ3n) is 3.54. The summed E-state index contributed by atoms with van der Waals surface area (Å²) >= 11 is 11.9. The molecule has 0 unspecified atom stereocenters. The zero-order chi connectivity index (χ0) is 20.2. The van der Waals surface area contributed by atoms with Crippen LogP contribution in [0.25, 0.3) is 0 Å². The Balaban J connectivity index is 2.49. The normalized spacial score (nSPS) is 11.4. The molecule has 1 aromatic rings. The van der Waals surface area contributed by atoms with Crippen LogP contribution in [-0.4, -0.2) is 39.2 Å². The third kappa shape index (κ3) is 9.10. The molecule has 0 aliphatic carbocycles. The second-order valence-corrected chi connectivity index (χ2v) is 6.34. The van der Waals surface area contributed by atoms with Gasteiger partial charge in [-0.1, -0.05) is 29.6 Å². The van der Waals surface area contributed by atoms with E-state index < -0.39 is 6.61 Å². The quantitative estimate of drug-likeness (QED) is 0.256. The van der Waals surface area contributed by atoms with Crippen LogP contribution < -0.4 is 15.4 Å². The Bertz CT molecular complexity index is 646. The van der Waals surface area contributed by atoms with Crippen LogP contribution in [0.1, 0.15) is 31.2 Å². The molecule has 0 spiro atoms. The van der Waals surface area contributed by atoms with E-state index in [4.69, 9.17) is 23.2 Å². The molecule has 0 amide bonds. The number of esters is 1. The summed E-state index contributed by atoms with van der Waals surface area (Å²) in [5.74, 6) is 0.145. The average Bonchev–Trinajstić information content (AvgIpc) is 2.62. The van der Waals surface area contributed by atoms with E-state index in [9.17, 15) is 13.6 Å². The Hall–Kier alpha value is -1.80. The van der Waals surface area contributed by atoms with Crippen molar-refractivity contribution in [1.82, 2.24) is 10.6 Å². The number of rotatable bonds is 10. The van der Waals surface area contributed by atoms with Gasteiger partial charge >= 0.3 is 12.6 Å². The van der Waals surface area contributed by atoms with E-state index in [1.165, 1.54) is 19.2 Å². The van der Waals surface area contributed by atoms with Gasteiger partial charge in [-0.25, -0.2) is 0 Å². The smallest absolute Gasteiger partial charge is 0.387 e. The van der Waals surface area contributed by atoms with Crippen LogP contribution in [0, 0.1) is 0 Å². The summed E-state index contributed by atoms with van der Waals surface area (Å²) in [5, 5.41) is 6.41. The molecule has 0 aliphatic rings. The van der Waals surface area contributed by atoms with Gasteiger partial charge in [-0.2, -0.15) is 8.78 Å². The summed E-state index contributed by atoms with van der Waals surface area (Å²) in [7, 11) is 2.96. The van der Waals surface area contributed by atoms with Gasteiger partial charge in [0.05, 0.1) is 12.1 Å². The summed E-state index contributed by atoms with van der Waals surface area (Å²) in [5.41, 5.74) is 0.383. The highest BCUT2D eigenvalue weighted by Gasteiger charge is 2.15. The Morgan fingerprint density at radius 1 is 1.22 bits per heavy atom. The average molecular weight is 426 g/mol. The van der Waals surface area contributed by atoms with Gasteiger partial charge in [0.25, 0.3) is 0 Å². The minimum Gasteiger partial charge on any atom is -0.469 e. The summed E-state index contributed by atoms with van der Waals surface area (Å²) in [6.45, 7) is -2.22. The maximum absolute atomic E-state index is 12.6. The lowest BCUT2D eigenvalue weighted by Gasteiger charge is -2.16. The van der Waals surface area contributed by atoms with E-state index in [-0.39, 0.29) is 23.3 Å². The van der Waals surface area contributed by atoms with Gasteiger partial charge in [-0.15, -0.1) is 0 Å². The molecule has 0 heterocycles. The number of hydrogen-bond donors (Lipinski definition) is 2. The lowest BCUT2D eigenvalue weighted by Crippen LogP contribution is -2.37. The number of ether oxygens (including phenoxy) is 2. The molecule has 1 aromatic carbocycles. The Morgan fingerprint density at radius 3 is 2.59 bits per heavy atom. The van der Waals surface area contributed by atoms with Crippen molar-refractivity contribution in [3.63, 3.8) is 0 Å². The first kappa shape index (κ1) is 23.2. The van der Waals surface area contributed by atoms with Crippen LogP contribution in [0.3, 0.4) is 0 Å². The Kier molecular flexibility index (Phi) is 10.8. The fourth-order valence-electron chi connectivity index (χ4n) is 2.25. The fraction of sp³-hybridized carbons (Fsp3) is 0.529. The summed E-state index contributed by atoms with van der Waals surface area (Å²) < 4.78 is 34.2. The summed E-state index contributed by atoms with van der Waals surface area (Å²) in [4.78, 5) is 15.1. The Morgan fingerprint density at radius 2 is 1.96 bits per heavy atom. The fourth-order valence-corrected chi connectivity index (χ4v) is 2.83. The lowest BCUT2D eigenvalue weighted by atomic mass is 10.2. The maximum Gasteiger partial charge on any atom is 0.387 e. The molecule has 1 rings (SSSR count). The van der Waals surface area contributed by atoms with E-state index in [1.54, 1.807) is 7.05 Å². The molecule has 27 heavy (non-hydrogen) atoms. The van der Waals surface area contributed by atoms with Crippen molar-refractivity contribution in [2.24, 2.45) is 4.99 Å². The largest absolute Gasteiger partial charge is 0.469 e. The number of carbonyl (C=O) groups excluding carboxylic acids is 1. The van der Waals surface area contributed by atoms with Crippen molar-refractivity contribution in [1.29, 1.82) is 0 Å². The second-order valence-electron chi connectivity index (χ2n) is 5.49. The van der Waals surface area contributed by atoms with Crippen molar-refractivity contribution in [3.05, 3.63) is 27.7 Å². The van der Waals surface area contributed by atoms with E-state index in [0.717, 1.165) is 19.3 Å². The first-order valence-electron chi connectivity index (χ1n) is 8.31. The number of methoxy groups -OCH3 is 1. The van der Waals surface area contributed by atoms with Crippen LogP contribution in [0.2, 0.25) is 10.0 Å². The lowest BCUT2D eigenvalue weighted by molar-refractivity contribution is -0.140. The van der Waals surface area contributed by atoms with Gasteiger partial charge in [0, 0.05) is 37.1 Å². The third-order valence-corrected chi connectivity index (χ3v) is 4.04. The first-order chi connectivity index (χ1) is 12.9. The summed E-state index contributed by atoms with van der Waals surface area (Å²) in [6.07, 6.45) is 2.83. The van der Waals surface area contributed by atoms with Crippen LogP contribution in [0.4, 0.5) is 8.78 Å². The van der Waals surface area contributed by atoms with Gasteiger partial charge in [0.2, 0.25) is 0 Å². The Labute approximate surface area is 167 Å². The molecule has 0 saturated heterocycles. The molecule has 0 saturated carbocycles. The number of hydrogen-bond acceptors (Lipinski definition) is 4. The number of unbranched alkanes of at least 4 members (excludes halogenated alkanes) is 2. The second kappa shape index (κ2) is 12.6. The van der Waals surface area contributed by atoms with E-state index in [1.807, 2.05) is 0 Å². The van der Waals surface area contributed by atoms with E-state index in [2.05, 4.69) is 25.1 Å². The maximum atomic E-state index is 12.6. The van der Waals surface area contributed by atoms with E-state index >= 15 is 0 Å². The predicted octanol–water partition coefficient (Wildman–Crippen LogP) is 3.99. The zero-order valence-electron chi connectivity index (χ0n) is 15.2. The van der Waals surface area contributed by atoms with Crippen molar-refractivity contribution < 1.29 is 23.0 Å². The molecule has 0 bridgehead atoms. The number of aliphatic imine (C=N–C) groups is 1. The SMILES string of the molecule is CN=C(NCCCCCC(=O)OC)NCc1cc(Cl)cc(Cl)c1OC(F)F. The molecule has 2 N–H and O–H groups in total. The molecule has 0 aromatic heterocycles. The number of alkyl halides is 2. The van der Waals surface area contributed by atoms with Gasteiger partial charge < -0.3 is 20.1 Å². The molecule has 0 aliphatic heterocycles. The topological polar surface area (TPSA) is 72.0 Å². The van der Waals surface area contributed by atoms with Crippen LogP contribution in [0.5, 0.6) is 5.75 Å². The van der Waals surface area contributed by atoms with Crippen LogP contribution >= 0.6 is 23.2 Å². The minimum atomic E-state index is -3.00. The predicted molar refractivity (Wildman–Crippen MR) is 102 cm³/mol. The van der Waals surface area contributed by atoms with Crippen molar-refractivity contribution in [3.8, 4) is 5.75 Å². The highest BCUT2D eigenvalue weighted by molar-refractivity contribution is 6.35. The standard InChI is InChI=1S/C17H23Cl2F2N3O3/c1-22-17(23-7-5-3-4-6-14(25)26-2)24-10-11-8-12(18)9-13(19)15(11)27-16(20)21/h8-9,16H,3-7,10H2,1-2H3,(H2,22,23,24). The number of nitrogens with zero attached hydrogens (tertiary/aromatic N) is 1. The molecule has 0 fully saturated rings. The monoisotopic (exact) mass is 425 g/mol. The van der Waals surface area contributed by atoms with Gasteiger partial charge in [-0.3, -0.25) is 9.79 Å². The molecule has 0 atom stereocenters. The molecule has 10 heteroatoms. The van der Waals surface area contributed by atoms with Gasteiger partial charge in [0.1, 0.15) is 5.75 Å². The van der Waals surface area contributed by atoms with Gasteiger partial charge in [-0.05, 0) is 25.0 Å². The van der Waals surface area contributed by atoms with Crippen molar-refractivity contribution in [2.75, 3.05) is 20.7 Å². The molecular formula is C17H23Cl2F2N3O3. The number of halogens is 4. The minimum absolute atomic E-state index is 0.00755. The van der Waals surface area contributed by atoms with E-state index in [0.29, 0.717) is 29.5 Å². The number of guanidine groups is 1. The van der Waals surface area contributed by atoms with Crippen LogP contribution in [0.15, 0.2) is 17.1 Å². The molecule has 152 valence electrons. The van der Waals surface area contributed by atoms with Gasteiger partial charge in [0.15, 0.2) is 5.96 Å². The first-order valence-corrected chi connectivity index (χ1v) is 9.07. The van der Waals surface area contributed by atoms with Crippen LogP contribution in [-0.2, 0) is 16.1 Å². The zero-order valence-corrected chi connectivity index (χ0v) is 16.7. The van der Waals surface area contributed by atoms with Crippen molar-refractivity contribution in [2.45, 2.75) is 38.8 Å².